The fourth-order valence-corrected chi connectivity index (χ4v) is 5.94. The molecule has 0 aliphatic heterocycles. The maximum absolute atomic E-state index is 4.39. The lowest BCUT2D eigenvalue weighted by molar-refractivity contribution is 1.20. The maximum atomic E-state index is 4.39. The van der Waals surface area contributed by atoms with Crippen molar-refractivity contribution < 1.29 is 0 Å². The second-order valence-corrected chi connectivity index (χ2v) is 10.4. The SMILES string of the molecule is Cc1cc(-c2cccc(-c3c4ccccc4c(-c4ccc(-c5ccncc5C)cc4)c4ccccc34)c2)ccn1. The van der Waals surface area contributed by atoms with Crippen LogP contribution in [0.15, 0.2) is 134 Å². The fraction of sp³-hybridized carbons (Fsp3) is 0.0526. The van der Waals surface area contributed by atoms with Crippen molar-refractivity contribution in [3.05, 3.63) is 145 Å². The summed E-state index contributed by atoms with van der Waals surface area (Å²) in [6.07, 6.45) is 5.67. The highest BCUT2D eigenvalue weighted by molar-refractivity contribution is 6.21. The molecule has 0 amide bonds. The molecule has 0 saturated carbocycles. The van der Waals surface area contributed by atoms with Gasteiger partial charge in [0.15, 0.2) is 0 Å². The second kappa shape index (κ2) is 9.91. The van der Waals surface area contributed by atoms with Gasteiger partial charge in [0.1, 0.15) is 0 Å². The molecular weight excluding hydrogens is 484 g/mol. The lowest BCUT2D eigenvalue weighted by Gasteiger charge is -2.18. The first-order chi connectivity index (χ1) is 19.7. The molecule has 2 heteroatoms. The van der Waals surface area contributed by atoms with Crippen LogP contribution in [-0.2, 0) is 0 Å². The van der Waals surface area contributed by atoms with Gasteiger partial charge in [-0.25, -0.2) is 0 Å². The van der Waals surface area contributed by atoms with E-state index >= 15 is 0 Å². The fourth-order valence-electron chi connectivity index (χ4n) is 5.94. The van der Waals surface area contributed by atoms with E-state index in [1.807, 2.05) is 25.5 Å². The summed E-state index contributed by atoms with van der Waals surface area (Å²) in [7, 11) is 0. The number of hydrogen-bond donors (Lipinski definition) is 0. The number of aryl methyl sites for hydroxylation is 2. The molecule has 40 heavy (non-hydrogen) atoms. The standard InChI is InChI=1S/C38H28N2/c1-25-24-39-20-19-32(25)27-14-16-28(17-15-27)37-33-10-3-5-12-35(33)38(36-13-6-4-11-34(36)37)31-9-7-8-29(23-31)30-18-21-40-26(2)22-30/h3-24H,1-2H3. The van der Waals surface area contributed by atoms with Gasteiger partial charge in [-0.15, -0.1) is 0 Å². The predicted molar refractivity (Wildman–Crippen MR) is 168 cm³/mol. The molecule has 0 aliphatic carbocycles. The van der Waals surface area contributed by atoms with Crippen molar-refractivity contribution in [2.75, 3.05) is 0 Å². The molecule has 0 radical (unpaired) electrons. The molecule has 0 unspecified atom stereocenters. The summed E-state index contributed by atoms with van der Waals surface area (Å²) >= 11 is 0. The van der Waals surface area contributed by atoms with Gasteiger partial charge in [-0.3, -0.25) is 9.97 Å². The quantitative estimate of drug-likeness (QED) is 0.219. The Kier molecular flexibility index (Phi) is 5.94. The average Bonchev–Trinajstić information content (AvgIpc) is 3.00. The Morgan fingerprint density at radius 2 is 1.02 bits per heavy atom. The Labute approximate surface area is 234 Å². The van der Waals surface area contributed by atoms with Crippen LogP contribution in [0.3, 0.4) is 0 Å². The summed E-state index contributed by atoms with van der Waals surface area (Å²) in [5, 5.41) is 5.03. The Balaban J connectivity index is 1.45. The van der Waals surface area contributed by atoms with Gasteiger partial charge in [0, 0.05) is 24.3 Å². The molecule has 7 rings (SSSR count). The second-order valence-electron chi connectivity index (χ2n) is 10.4. The maximum Gasteiger partial charge on any atom is 0.0378 e. The van der Waals surface area contributed by atoms with Crippen LogP contribution < -0.4 is 0 Å². The first-order valence-corrected chi connectivity index (χ1v) is 13.7. The highest BCUT2D eigenvalue weighted by atomic mass is 14.6. The van der Waals surface area contributed by atoms with Crippen molar-refractivity contribution in [2.45, 2.75) is 13.8 Å². The van der Waals surface area contributed by atoms with Crippen molar-refractivity contribution in [1.29, 1.82) is 0 Å². The number of hydrogen-bond acceptors (Lipinski definition) is 2. The molecule has 190 valence electrons. The number of rotatable bonds is 4. The van der Waals surface area contributed by atoms with E-state index in [2.05, 4.69) is 132 Å². The number of aromatic nitrogens is 2. The summed E-state index contributed by atoms with van der Waals surface area (Å²) in [5.41, 5.74) is 12.0. The van der Waals surface area contributed by atoms with Gasteiger partial charge < -0.3 is 0 Å². The normalized spacial score (nSPS) is 11.2. The molecule has 0 atom stereocenters. The van der Waals surface area contributed by atoms with E-state index in [9.17, 15) is 0 Å². The topological polar surface area (TPSA) is 25.8 Å². The van der Waals surface area contributed by atoms with Gasteiger partial charge in [0.25, 0.3) is 0 Å². The van der Waals surface area contributed by atoms with Gasteiger partial charge in [0.05, 0.1) is 0 Å². The summed E-state index contributed by atoms with van der Waals surface area (Å²) in [4.78, 5) is 8.65. The zero-order chi connectivity index (χ0) is 27.1. The molecule has 5 aromatic carbocycles. The van der Waals surface area contributed by atoms with Crippen LogP contribution in [0, 0.1) is 13.8 Å². The Hall–Kier alpha value is -5.08. The summed E-state index contributed by atoms with van der Waals surface area (Å²) < 4.78 is 0. The van der Waals surface area contributed by atoms with E-state index in [0.717, 1.165) is 5.69 Å². The smallest absolute Gasteiger partial charge is 0.0378 e. The summed E-state index contributed by atoms with van der Waals surface area (Å²) in [5.74, 6) is 0. The monoisotopic (exact) mass is 512 g/mol. The third-order valence-corrected chi connectivity index (χ3v) is 7.82. The number of nitrogens with zero attached hydrogens (tertiary/aromatic N) is 2. The Morgan fingerprint density at radius 3 is 1.65 bits per heavy atom. The van der Waals surface area contributed by atoms with Crippen molar-refractivity contribution in [3.8, 4) is 44.5 Å². The van der Waals surface area contributed by atoms with Crippen LogP contribution in [0.25, 0.3) is 66.1 Å². The third kappa shape index (κ3) is 4.15. The minimum Gasteiger partial charge on any atom is -0.264 e. The molecule has 0 bridgehead atoms. The molecule has 2 nitrogen and oxygen atoms in total. The Morgan fingerprint density at radius 1 is 0.450 bits per heavy atom. The van der Waals surface area contributed by atoms with Crippen LogP contribution in [0.5, 0.6) is 0 Å². The van der Waals surface area contributed by atoms with Gasteiger partial charge in [-0.1, -0.05) is 91.0 Å². The zero-order valence-corrected chi connectivity index (χ0v) is 22.6. The van der Waals surface area contributed by atoms with E-state index in [4.69, 9.17) is 0 Å². The Bertz CT molecular complexity index is 1960. The minimum absolute atomic E-state index is 1.02. The van der Waals surface area contributed by atoms with Gasteiger partial charge >= 0.3 is 0 Å². The molecule has 0 aliphatic rings. The van der Waals surface area contributed by atoms with E-state index in [0.29, 0.717) is 0 Å². The lowest BCUT2D eigenvalue weighted by Crippen LogP contribution is -1.91. The minimum atomic E-state index is 1.02. The lowest BCUT2D eigenvalue weighted by atomic mass is 9.85. The molecule has 0 saturated heterocycles. The van der Waals surface area contributed by atoms with Crippen LogP contribution in [0.1, 0.15) is 11.3 Å². The average molecular weight is 513 g/mol. The van der Waals surface area contributed by atoms with E-state index in [-0.39, 0.29) is 0 Å². The summed E-state index contributed by atoms with van der Waals surface area (Å²) in [6, 6.07) is 41.8. The van der Waals surface area contributed by atoms with Gasteiger partial charge in [-0.2, -0.15) is 0 Å². The largest absolute Gasteiger partial charge is 0.264 e. The molecule has 7 aromatic rings. The number of fused-ring (bicyclic) bond motifs is 2. The summed E-state index contributed by atoms with van der Waals surface area (Å²) in [6.45, 7) is 4.15. The molecule has 2 aromatic heterocycles. The highest BCUT2D eigenvalue weighted by Gasteiger charge is 2.17. The van der Waals surface area contributed by atoms with Crippen molar-refractivity contribution in [3.63, 3.8) is 0 Å². The molecule has 0 N–H and O–H groups in total. The highest BCUT2D eigenvalue weighted by Crippen LogP contribution is 2.44. The van der Waals surface area contributed by atoms with Crippen LogP contribution in [0.4, 0.5) is 0 Å². The van der Waals surface area contributed by atoms with Gasteiger partial charge in [-0.05, 0) is 110 Å². The van der Waals surface area contributed by atoms with E-state index in [1.165, 1.54) is 71.6 Å². The first-order valence-electron chi connectivity index (χ1n) is 13.7. The molecular formula is C38H28N2. The van der Waals surface area contributed by atoms with E-state index < -0.39 is 0 Å². The van der Waals surface area contributed by atoms with Crippen molar-refractivity contribution in [1.82, 2.24) is 9.97 Å². The first kappa shape index (κ1) is 24.0. The molecule has 2 heterocycles. The number of benzene rings is 5. The molecule has 0 spiro atoms. The van der Waals surface area contributed by atoms with E-state index in [1.54, 1.807) is 0 Å². The third-order valence-electron chi connectivity index (χ3n) is 7.82. The van der Waals surface area contributed by atoms with Crippen LogP contribution in [0.2, 0.25) is 0 Å². The molecule has 0 fully saturated rings. The predicted octanol–water partition coefficient (Wildman–Crippen LogP) is 10.1. The van der Waals surface area contributed by atoms with Crippen molar-refractivity contribution in [2.24, 2.45) is 0 Å². The van der Waals surface area contributed by atoms with Gasteiger partial charge in [0.2, 0.25) is 0 Å². The van der Waals surface area contributed by atoms with Crippen LogP contribution >= 0.6 is 0 Å². The zero-order valence-electron chi connectivity index (χ0n) is 22.6. The van der Waals surface area contributed by atoms with Crippen molar-refractivity contribution >= 4 is 21.5 Å². The number of pyridine rings is 2. The van der Waals surface area contributed by atoms with Crippen LogP contribution in [-0.4, -0.2) is 9.97 Å².